The molecule has 0 radical (unpaired) electrons. The number of rotatable bonds is 11. The summed E-state index contributed by atoms with van der Waals surface area (Å²) in [6.45, 7) is 1.23. The van der Waals surface area contributed by atoms with Gasteiger partial charge in [-0.1, -0.05) is 12.1 Å². The zero-order valence-electron chi connectivity index (χ0n) is 20.1. The lowest BCUT2D eigenvalue weighted by molar-refractivity contribution is -0.158. The van der Waals surface area contributed by atoms with Crippen molar-refractivity contribution in [3.8, 4) is 11.1 Å². The lowest BCUT2D eigenvalue weighted by Crippen LogP contribution is -2.51. The van der Waals surface area contributed by atoms with Gasteiger partial charge in [-0.2, -0.15) is 4.31 Å². The SMILES string of the molecule is O=CN(O)[C@@H](CCCc1ncccn1)CS(=O)(=O)N1CCN(c2ncc(-c3ccc(F)cc3)cn2)CC1. The summed E-state index contributed by atoms with van der Waals surface area (Å²) in [5, 5.41) is 10.4. The van der Waals surface area contributed by atoms with Gasteiger partial charge in [0, 0.05) is 63.0 Å². The number of halogens is 1. The van der Waals surface area contributed by atoms with Crippen LogP contribution in [0.15, 0.2) is 55.1 Å². The van der Waals surface area contributed by atoms with Crippen LogP contribution in [0.4, 0.5) is 10.3 Å². The smallest absolute Gasteiger partial charge is 0.233 e. The van der Waals surface area contributed by atoms with Gasteiger partial charge in [-0.05, 0) is 36.6 Å². The summed E-state index contributed by atoms with van der Waals surface area (Å²) in [4.78, 5) is 30.1. The summed E-state index contributed by atoms with van der Waals surface area (Å²) in [6.07, 6.45) is 8.07. The number of hydroxylamine groups is 2. The maximum atomic E-state index is 13.2. The first-order valence-corrected chi connectivity index (χ1v) is 13.5. The minimum Gasteiger partial charge on any atom is -0.338 e. The molecule has 1 aliphatic heterocycles. The van der Waals surface area contributed by atoms with Gasteiger partial charge in [0.15, 0.2) is 0 Å². The van der Waals surface area contributed by atoms with E-state index in [0.29, 0.717) is 42.8 Å². The second-order valence-electron chi connectivity index (χ2n) is 8.64. The predicted octanol–water partition coefficient (Wildman–Crippen LogP) is 1.76. The van der Waals surface area contributed by atoms with Crippen LogP contribution in [0.1, 0.15) is 18.7 Å². The molecule has 0 aliphatic carbocycles. The van der Waals surface area contributed by atoms with E-state index in [0.717, 1.165) is 11.1 Å². The Hall–Kier alpha value is -3.55. The summed E-state index contributed by atoms with van der Waals surface area (Å²) in [5.41, 5.74) is 1.54. The lowest BCUT2D eigenvalue weighted by atomic mass is 10.1. The molecule has 4 rings (SSSR count). The van der Waals surface area contributed by atoms with Crippen LogP contribution >= 0.6 is 0 Å². The van der Waals surface area contributed by atoms with E-state index in [1.54, 1.807) is 43.0 Å². The van der Waals surface area contributed by atoms with Crippen molar-refractivity contribution >= 4 is 22.4 Å². The maximum Gasteiger partial charge on any atom is 0.233 e. The summed E-state index contributed by atoms with van der Waals surface area (Å²) in [6, 6.07) is 6.87. The van der Waals surface area contributed by atoms with E-state index in [1.807, 2.05) is 4.90 Å². The highest BCUT2D eigenvalue weighted by Gasteiger charge is 2.32. The third-order valence-corrected chi connectivity index (χ3v) is 8.13. The van der Waals surface area contributed by atoms with Crippen molar-refractivity contribution in [1.82, 2.24) is 29.3 Å². The van der Waals surface area contributed by atoms with Crippen molar-refractivity contribution in [2.45, 2.75) is 25.3 Å². The number of aryl methyl sites for hydroxylation is 1. The quantitative estimate of drug-likeness (QED) is 0.224. The normalized spacial score (nSPS) is 15.4. The fourth-order valence-electron chi connectivity index (χ4n) is 4.12. The van der Waals surface area contributed by atoms with Gasteiger partial charge in [0.2, 0.25) is 22.4 Å². The standard InChI is InChI=1S/C24H28FN7O4S/c25-21-7-5-19(6-8-21)20-15-28-24(29-16-20)30-11-13-31(14-12-30)37(35,36)17-22(32(34)18-33)3-1-4-23-26-9-2-10-27-23/h2,5-10,15-16,18,22,34H,1,3-4,11-14,17H2/t22-/m0/s1. The number of carbonyl (C=O) groups excluding carboxylic acids is 1. The number of hydrogen-bond donors (Lipinski definition) is 1. The number of piperazine rings is 1. The first-order chi connectivity index (χ1) is 17.9. The molecule has 1 aromatic carbocycles. The Morgan fingerprint density at radius 2 is 1.65 bits per heavy atom. The largest absolute Gasteiger partial charge is 0.338 e. The second kappa shape index (κ2) is 12.1. The lowest BCUT2D eigenvalue weighted by Gasteiger charge is -2.35. The van der Waals surface area contributed by atoms with Crippen molar-refractivity contribution in [3.05, 3.63) is 66.8 Å². The Morgan fingerprint density at radius 3 is 2.27 bits per heavy atom. The van der Waals surface area contributed by atoms with Crippen LogP contribution in [-0.4, -0.2) is 87.3 Å². The molecule has 2 aromatic heterocycles. The Morgan fingerprint density at radius 1 is 1.00 bits per heavy atom. The van der Waals surface area contributed by atoms with Crippen molar-refractivity contribution in [1.29, 1.82) is 0 Å². The van der Waals surface area contributed by atoms with E-state index in [2.05, 4.69) is 19.9 Å². The van der Waals surface area contributed by atoms with Crippen LogP contribution in [-0.2, 0) is 21.2 Å². The number of aromatic nitrogens is 4. The zero-order chi connectivity index (χ0) is 26.3. The van der Waals surface area contributed by atoms with Crippen molar-refractivity contribution in [2.24, 2.45) is 0 Å². The average molecular weight is 530 g/mol. The molecule has 11 nitrogen and oxygen atoms in total. The molecule has 0 spiro atoms. The van der Waals surface area contributed by atoms with Crippen LogP contribution in [0.2, 0.25) is 0 Å². The molecule has 0 bridgehead atoms. The van der Waals surface area contributed by atoms with Crippen molar-refractivity contribution in [2.75, 3.05) is 36.8 Å². The Kier molecular flexibility index (Phi) is 8.69. The second-order valence-corrected chi connectivity index (χ2v) is 10.7. The third-order valence-electron chi connectivity index (χ3n) is 6.17. The number of amides is 1. The molecule has 1 saturated heterocycles. The van der Waals surface area contributed by atoms with Gasteiger partial charge in [-0.25, -0.2) is 37.8 Å². The zero-order valence-corrected chi connectivity index (χ0v) is 20.9. The summed E-state index contributed by atoms with van der Waals surface area (Å²) < 4.78 is 40.7. The van der Waals surface area contributed by atoms with E-state index >= 15 is 0 Å². The molecule has 0 saturated carbocycles. The average Bonchev–Trinajstić information content (AvgIpc) is 2.93. The number of benzene rings is 1. The minimum atomic E-state index is -3.74. The molecular formula is C24H28FN7O4S. The predicted molar refractivity (Wildman–Crippen MR) is 133 cm³/mol. The number of sulfonamides is 1. The van der Waals surface area contributed by atoms with Crippen LogP contribution in [0.5, 0.6) is 0 Å². The number of hydrogen-bond acceptors (Lipinski definition) is 9. The van der Waals surface area contributed by atoms with Crippen LogP contribution < -0.4 is 4.90 Å². The molecule has 196 valence electrons. The Bertz CT molecular complexity index is 1260. The van der Waals surface area contributed by atoms with Crippen LogP contribution in [0, 0.1) is 5.82 Å². The first kappa shape index (κ1) is 26.5. The monoisotopic (exact) mass is 529 g/mol. The number of carbonyl (C=O) groups is 1. The molecular weight excluding hydrogens is 501 g/mol. The van der Waals surface area contributed by atoms with Crippen LogP contribution in [0.25, 0.3) is 11.1 Å². The number of nitrogens with zero attached hydrogens (tertiary/aromatic N) is 7. The topological polar surface area (TPSA) is 133 Å². The molecule has 0 unspecified atom stereocenters. The van der Waals surface area contributed by atoms with Gasteiger partial charge in [-0.3, -0.25) is 10.0 Å². The van der Waals surface area contributed by atoms with Gasteiger partial charge in [0.05, 0.1) is 11.8 Å². The molecule has 1 fully saturated rings. The fraction of sp³-hybridized carbons (Fsp3) is 0.375. The molecule has 1 aliphatic rings. The molecule has 3 heterocycles. The van der Waals surface area contributed by atoms with Gasteiger partial charge >= 0.3 is 0 Å². The van der Waals surface area contributed by atoms with Gasteiger partial charge < -0.3 is 4.90 Å². The van der Waals surface area contributed by atoms with E-state index in [-0.39, 0.29) is 37.5 Å². The highest BCUT2D eigenvalue weighted by molar-refractivity contribution is 7.89. The van der Waals surface area contributed by atoms with Crippen LogP contribution in [0.3, 0.4) is 0 Å². The molecule has 1 N–H and O–H groups in total. The Balaban J connectivity index is 1.32. The molecule has 1 atom stereocenters. The van der Waals surface area contributed by atoms with Gasteiger partial charge in [0.25, 0.3) is 0 Å². The summed E-state index contributed by atoms with van der Waals surface area (Å²) in [5.74, 6) is 0.385. The fourth-order valence-corrected chi connectivity index (χ4v) is 5.86. The third kappa shape index (κ3) is 7.02. The number of anilines is 1. The first-order valence-electron chi connectivity index (χ1n) is 11.8. The van der Waals surface area contributed by atoms with E-state index in [1.165, 1.54) is 16.4 Å². The van der Waals surface area contributed by atoms with Gasteiger partial charge in [-0.15, -0.1) is 0 Å². The molecule has 1 amide bonds. The summed E-state index contributed by atoms with van der Waals surface area (Å²) >= 11 is 0. The molecule has 37 heavy (non-hydrogen) atoms. The maximum absolute atomic E-state index is 13.2. The van der Waals surface area contributed by atoms with E-state index < -0.39 is 16.1 Å². The molecule has 3 aromatic rings. The highest BCUT2D eigenvalue weighted by Crippen LogP contribution is 2.21. The minimum absolute atomic E-state index is 0.225. The molecule has 13 heteroatoms. The highest BCUT2D eigenvalue weighted by atomic mass is 32.2. The van der Waals surface area contributed by atoms with Crippen molar-refractivity contribution < 1.29 is 22.8 Å². The summed E-state index contributed by atoms with van der Waals surface area (Å²) in [7, 11) is -3.74. The van der Waals surface area contributed by atoms with Crippen molar-refractivity contribution in [3.63, 3.8) is 0 Å². The van der Waals surface area contributed by atoms with E-state index in [4.69, 9.17) is 0 Å². The van der Waals surface area contributed by atoms with Gasteiger partial charge in [0.1, 0.15) is 11.6 Å². The van der Waals surface area contributed by atoms with E-state index in [9.17, 15) is 22.8 Å². The Labute approximate surface area is 214 Å².